The van der Waals surface area contributed by atoms with Crippen molar-refractivity contribution in [2.24, 2.45) is 0 Å². The quantitative estimate of drug-likeness (QED) is 0.672. The van der Waals surface area contributed by atoms with E-state index in [0.29, 0.717) is 29.2 Å². The number of esters is 1. The first-order valence-corrected chi connectivity index (χ1v) is 8.21. The second-order valence-electron chi connectivity index (χ2n) is 5.48. The van der Waals surface area contributed by atoms with E-state index in [-0.39, 0.29) is 5.97 Å². The number of fused-ring (bicyclic) bond motifs is 1. The number of hydrogen-bond acceptors (Lipinski definition) is 6. The number of carbonyl (C=O) groups is 1. The fraction of sp³-hybridized carbons (Fsp3) is 0.200. The summed E-state index contributed by atoms with van der Waals surface area (Å²) in [4.78, 5) is 16.2. The van der Waals surface area contributed by atoms with Crippen molar-refractivity contribution in [3.63, 3.8) is 0 Å². The van der Waals surface area contributed by atoms with E-state index in [1.807, 2.05) is 30.3 Å². The van der Waals surface area contributed by atoms with E-state index in [2.05, 4.69) is 10.3 Å². The van der Waals surface area contributed by atoms with Crippen LogP contribution in [0.2, 0.25) is 0 Å². The normalized spacial score (nSPS) is 10.4. The molecule has 0 unspecified atom stereocenters. The van der Waals surface area contributed by atoms with Crippen LogP contribution in [0.1, 0.15) is 17.3 Å². The molecule has 3 rings (SSSR count). The molecule has 0 aliphatic carbocycles. The minimum Gasteiger partial charge on any atom is -0.496 e. The third-order valence-electron chi connectivity index (χ3n) is 3.93. The predicted molar refractivity (Wildman–Crippen MR) is 101 cm³/mol. The van der Waals surface area contributed by atoms with Crippen molar-refractivity contribution in [3.8, 4) is 11.5 Å². The van der Waals surface area contributed by atoms with Crippen molar-refractivity contribution in [1.82, 2.24) is 4.98 Å². The minimum absolute atomic E-state index is 0.334. The van der Waals surface area contributed by atoms with E-state index in [1.54, 1.807) is 39.5 Å². The van der Waals surface area contributed by atoms with E-state index in [0.717, 1.165) is 16.8 Å². The van der Waals surface area contributed by atoms with Crippen LogP contribution in [-0.2, 0) is 4.74 Å². The van der Waals surface area contributed by atoms with Gasteiger partial charge in [-0.15, -0.1) is 0 Å². The minimum atomic E-state index is -0.334. The molecule has 26 heavy (non-hydrogen) atoms. The number of carbonyl (C=O) groups excluding carboxylic acids is 1. The predicted octanol–water partition coefficient (Wildman–Crippen LogP) is 4.17. The molecular formula is C20H20N2O4. The summed E-state index contributed by atoms with van der Waals surface area (Å²) in [7, 11) is 3.23. The molecular weight excluding hydrogens is 332 g/mol. The Morgan fingerprint density at radius 2 is 1.69 bits per heavy atom. The van der Waals surface area contributed by atoms with Crippen LogP contribution in [0.15, 0.2) is 48.7 Å². The lowest BCUT2D eigenvalue weighted by Gasteiger charge is -2.14. The van der Waals surface area contributed by atoms with Gasteiger partial charge in [0.15, 0.2) is 0 Å². The van der Waals surface area contributed by atoms with Gasteiger partial charge in [-0.25, -0.2) is 4.79 Å². The smallest absolute Gasteiger partial charge is 0.338 e. The third kappa shape index (κ3) is 3.39. The van der Waals surface area contributed by atoms with Crippen molar-refractivity contribution < 1.29 is 19.0 Å². The van der Waals surface area contributed by atoms with E-state index in [9.17, 15) is 4.79 Å². The van der Waals surface area contributed by atoms with E-state index >= 15 is 0 Å². The Morgan fingerprint density at radius 3 is 2.35 bits per heavy atom. The average Bonchev–Trinajstić information content (AvgIpc) is 2.68. The molecule has 0 saturated carbocycles. The summed E-state index contributed by atoms with van der Waals surface area (Å²) >= 11 is 0. The number of anilines is 2. The molecule has 6 heteroatoms. The van der Waals surface area contributed by atoms with E-state index < -0.39 is 0 Å². The van der Waals surface area contributed by atoms with Gasteiger partial charge >= 0.3 is 5.97 Å². The van der Waals surface area contributed by atoms with Crippen molar-refractivity contribution in [1.29, 1.82) is 0 Å². The molecule has 134 valence electrons. The van der Waals surface area contributed by atoms with Crippen LogP contribution in [0.5, 0.6) is 11.5 Å². The molecule has 1 aromatic heterocycles. The molecule has 3 aromatic rings. The van der Waals surface area contributed by atoms with E-state index in [1.165, 1.54) is 0 Å². The molecule has 0 spiro atoms. The number of pyridine rings is 1. The van der Waals surface area contributed by atoms with E-state index in [4.69, 9.17) is 14.2 Å². The Balaban J connectivity index is 1.97. The fourth-order valence-electron chi connectivity index (χ4n) is 2.71. The Hall–Kier alpha value is -3.28. The number of aromatic nitrogens is 1. The number of ether oxygens (including phenoxy) is 3. The SMILES string of the molecule is CCOC(=O)c1ccc(Nc2ccnc3c(OC)ccc(OC)c23)cc1. The molecule has 1 N–H and O–H groups in total. The number of rotatable bonds is 6. The molecule has 0 atom stereocenters. The summed E-state index contributed by atoms with van der Waals surface area (Å²) in [5, 5.41) is 4.17. The van der Waals surface area contributed by atoms with Crippen LogP contribution >= 0.6 is 0 Å². The highest BCUT2D eigenvalue weighted by molar-refractivity contribution is 6.00. The van der Waals surface area contributed by atoms with Crippen LogP contribution < -0.4 is 14.8 Å². The van der Waals surface area contributed by atoms with Crippen molar-refractivity contribution in [2.45, 2.75) is 6.92 Å². The lowest BCUT2D eigenvalue weighted by Crippen LogP contribution is -2.04. The van der Waals surface area contributed by atoms with Gasteiger partial charge in [0.1, 0.15) is 17.0 Å². The Kier molecular flexibility index (Phi) is 5.22. The molecule has 1 heterocycles. The average molecular weight is 352 g/mol. The highest BCUT2D eigenvalue weighted by Crippen LogP contribution is 2.37. The zero-order chi connectivity index (χ0) is 18.5. The van der Waals surface area contributed by atoms with Crippen LogP contribution in [0, 0.1) is 0 Å². The Morgan fingerprint density at radius 1 is 1.00 bits per heavy atom. The molecule has 0 radical (unpaired) electrons. The van der Waals surface area contributed by atoms with Gasteiger partial charge in [-0.05, 0) is 49.4 Å². The van der Waals surface area contributed by atoms with Crippen molar-refractivity contribution >= 4 is 28.2 Å². The Labute approximate surface area is 151 Å². The highest BCUT2D eigenvalue weighted by atomic mass is 16.5. The summed E-state index contributed by atoms with van der Waals surface area (Å²) in [6.07, 6.45) is 1.71. The number of nitrogens with zero attached hydrogens (tertiary/aromatic N) is 1. The van der Waals surface area contributed by atoms with Gasteiger partial charge in [-0.3, -0.25) is 4.98 Å². The lowest BCUT2D eigenvalue weighted by atomic mass is 10.1. The summed E-state index contributed by atoms with van der Waals surface area (Å²) < 4.78 is 15.9. The molecule has 0 amide bonds. The van der Waals surface area contributed by atoms with Gasteiger partial charge in [0, 0.05) is 11.9 Å². The fourth-order valence-corrected chi connectivity index (χ4v) is 2.71. The standard InChI is InChI=1S/C20H20N2O4/c1-4-26-20(23)13-5-7-14(8-6-13)22-15-11-12-21-19-17(25-3)10-9-16(24-2)18(15)19/h5-12H,4H2,1-3H3,(H,21,22). The summed E-state index contributed by atoms with van der Waals surface area (Å²) in [6.45, 7) is 2.13. The molecule has 6 nitrogen and oxygen atoms in total. The van der Waals surface area contributed by atoms with Gasteiger partial charge in [-0.1, -0.05) is 0 Å². The van der Waals surface area contributed by atoms with Crippen LogP contribution in [-0.4, -0.2) is 31.8 Å². The Bertz CT molecular complexity index is 923. The van der Waals surface area contributed by atoms with Crippen LogP contribution in [0.25, 0.3) is 10.9 Å². The maximum atomic E-state index is 11.8. The third-order valence-corrected chi connectivity index (χ3v) is 3.93. The van der Waals surface area contributed by atoms with Crippen molar-refractivity contribution in [3.05, 3.63) is 54.2 Å². The maximum absolute atomic E-state index is 11.8. The summed E-state index contributed by atoms with van der Waals surface area (Å²) in [5.41, 5.74) is 2.88. The summed E-state index contributed by atoms with van der Waals surface area (Å²) in [5.74, 6) is 1.03. The van der Waals surface area contributed by atoms with Gasteiger partial charge in [0.05, 0.1) is 37.5 Å². The lowest BCUT2D eigenvalue weighted by molar-refractivity contribution is 0.0526. The van der Waals surface area contributed by atoms with Crippen molar-refractivity contribution in [2.75, 3.05) is 26.1 Å². The molecule has 0 aliphatic rings. The molecule has 0 saturated heterocycles. The van der Waals surface area contributed by atoms with Crippen LogP contribution in [0.3, 0.4) is 0 Å². The zero-order valence-corrected chi connectivity index (χ0v) is 14.9. The number of nitrogens with one attached hydrogen (secondary N) is 1. The molecule has 0 aliphatic heterocycles. The topological polar surface area (TPSA) is 69.7 Å². The first-order valence-electron chi connectivity index (χ1n) is 8.21. The second-order valence-corrected chi connectivity index (χ2v) is 5.48. The highest BCUT2D eigenvalue weighted by Gasteiger charge is 2.13. The van der Waals surface area contributed by atoms with Gasteiger partial charge in [0.2, 0.25) is 0 Å². The zero-order valence-electron chi connectivity index (χ0n) is 14.9. The van der Waals surface area contributed by atoms with Gasteiger partial charge in [-0.2, -0.15) is 0 Å². The molecule has 0 fully saturated rings. The first kappa shape index (κ1) is 17.5. The van der Waals surface area contributed by atoms with Gasteiger partial charge in [0.25, 0.3) is 0 Å². The molecule has 2 aromatic carbocycles. The number of hydrogen-bond donors (Lipinski definition) is 1. The molecule has 0 bridgehead atoms. The monoisotopic (exact) mass is 352 g/mol. The maximum Gasteiger partial charge on any atom is 0.338 e. The largest absolute Gasteiger partial charge is 0.496 e. The first-order chi connectivity index (χ1) is 12.7. The number of methoxy groups -OCH3 is 2. The van der Waals surface area contributed by atoms with Crippen LogP contribution in [0.4, 0.5) is 11.4 Å². The van der Waals surface area contributed by atoms with Gasteiger partial charge < -0.3 is 19.5 Å². The second kappa shape index (κ2) is 7.74. The summed E-state index contributed by atoms with van der Waals surface area (Å²) in [6, 6.07) is 12.6. The number of benzene rings is 2.